The lowest BCUT2D eigenvalue weighted by atomic mass is 9.77. The molecule has 1 N–H and O–H groups in total. The molecule has 0 spiro atoms. The van der Waals surface area contributed by atoms with E-state index in [2.05, 4.69) is 5.32 Å². The first kappa shape index (κ1) is 13.7. The topological polar surface area (TPSA) is 55.4 Å². The molecule has 0 atom stereocenters. The van der Waals surface area contributed by atoms with Gasteiger partial charge in [0.25, 0.3) is 0 Å². The first-order valence-corrected chi connectivity index (χ1v) is 6.55. The number of nitrogens with one attached hydrogen (secondary N) is 1. The fourth-order valence-corrected chi connectivity index (χ4v) is 2.28. The van der Waals surface area contributed by atoms with Gasteiger partial charge in [-0.25, -0.2) is 0 Å². The summed E-state index contributed by atoms with van der Waals surface area (Å²) in [5.41, 5.74) is 0.327. The maximum absolute atomic E-state index is 11.8. The van der Waals surface area contributed by atoms with Crippen molar-refractivity contribution in [3.63, 3.8) is 0 Å². The van der Waals surface area contributed by atoms with E-state index in [1.165, 1.54) is 0 Å². The minimum atomic E-state index is -0.292. The van der Waals surface area contributed by atoms with Gasteiger partial charge in [-0.05, 0) is 19.3 Å². The Hall–Kier alpha value is -1.68. The van der Waals surface area contributed by atoms with Gasteiger partial charge in [-0.3, -0.25) is 9.59 Å². The van der Waals surface area contributed by atoms with E-state index >= 15 is 0 Å². The number of hydrogen-bond donors (Lipinski definition) is 1. The third-order valence-corrected chi connectivity index (χ3v) is 3.72. The monoisotopic (exact) mass is 261 g/mol. The predicted octanol–water partition coefficient (Wildman–Crippen LogP) is 1.94. The van der Waals surface area contributed by atoms with Crippen LogP contribution < -0.4 is 5.32 Å². The van der Waals surface area contributed by atoms with Crippen LogP contribution in [0, 0.1) is 0 Å². The van der Waals surface area contributed by atoms with E-state index in [9.17, 15) is 9.59 Å². The zero-order chi connectivity index (χ0) is 13.7. The van der Waals surface area contributed by atoms with Crippen LogP contribution in [0.4, 0.5) is 0 Å². The Morgan fingerprint density at radius 3 is 2.47 bits per heavy atom. The first-order chi connectivity index (χ1) is 9.15. The number of Topliss-reactive ketones (excluding diaryl/α,β-unsaturated/α-hetero) is 1. The van der Waals surface area contributed by atoms with E-state index in [0.717, 1.165) is 19.3 Å². The summed E-state index contributed by atoms with van der Waals surface area (Å²) in [6.45, 7) is 0.0443. The van der Waals surface area contributed by atoms with Crippen LogP contribution in [0.1, 0.15) is 36.0 Å². The van der Waals surface area contributed by atoms with Crippen molar-refractivity contribution in [3.05, 3.63) is 35.9 Å². The molecule has 0 unspecified atom stereocenters. The summed E-state index contributed by atoms with van der Waals surface area (Å²) in [5.74, 6) is -0.195. The fraction of sp³-hybridized carbons (Fsp3) is 0.467. The molecule has 1 fully saturated rings. The zero-order valence-corrected chi connectivity index (χ0v) is 11.1. The van der Waals surface area contributed by atoms with Crippen LogP contribution in [-0.2, 0) is 9.53 Å². The highest BCUT2D eigenvalue weighted by Crippen LogP contribution is 2.37. The van der Waals surface area contributed by atoms with Crippen LogP contribution in [0.3, 0.4) is 0 Å². The number of methoxy groups -OCH3 is 1. The number of rotatable bonds is 6. The largest absolute Gasteiger partial charge is 0.378 e. The predicted molar refractivity (Wildman–Crippen MR) is 72.0 cm³/mol. The molecular formula is C15H19NO3. The van der Waals surface area contributed by atoms with E-state index < -0.39 is 0 Å². The Bertz CT molecular complexity index is 446. The van der Waals surface area contributed by atoms with Gasteiger partial charge >= 0.3 is 0 Å². The standard InChI is InChI=1S/C15H19NO3/c1-19-15(8-5-9-15)10-14(18)16-11-13(17)12-6-3-2-4-7-12/h2-4,6-7H,5,8-11H2,1H3,(H,16,18). The maximum atomic E-state index is 11.8. The molecule has 102 valence electrons. The summed E-state index contributed by atoms with van der Waals surface area (Å²) < 4.78 is 5.39. The van der Waals surface area contributed by atoms with E-state index in [-0.39, 0.29) is 23.8 Å². The van der Waals surface area contributed by atoms with E-state index in [1.807, 2.05) is 18.2 Å². The third kappa shape index (κ3) is 3.41. The van der Waals surface area contributed by atoms with Gasteiger partial charge < -0.3 is 10.1 Å². The van der Waals surface area contributed by atoms with E-state index in [4.69, 9.17) is 4.74 Å². The molecule has 4 heteroatoms. The zero-order valence-electron chi connectivity index (χ0n) is 11.1. The van der Waals surface area contributed by atoms with E-state index in [1.54, 1.807) is 19.2 Å². The van der Waals surface area contributed by atoms with Crippen LogP contribution in [-0.4, -0.2) is 30.9 Å². The molecule has 0 radical (unpaired) electrons. The summed E-state index contributed by atoms with van der Waals surface area (Å²) in [5, 5.41) is 2.67. The molecule has 1 aliphatic carbocycles. The van der Waals surface area contributed by atoms with Gasteiger partial charge in [0.15, 0.2) is 5.78 Å². The number of ether oxygens (including phenoxy) is 1. The molecule has 0 bridgehead atoms. The number of benzene rings is 1. The smallest absolute Gasteiger partial charge is 0.223 e. The lowest BCUT2D eigenvalue weighted by molar-refractivity contribution is -0.134. The molecule has 1 amide bonds. The van der Waals surface area contributed by atoms with Gasteiger partial charge in [-0.1, -0.05) is 30.3 Å². The molecule has 0 aromatic heterocycles. The second kappa shape index (κ2) is 5.97. The summed E-state index contributed by atoms with van der Waals surface area (Å²) >= 11 is 0. The highest BCUT2D eigenvalue weighted by Gasteiger charge is 2.38. The summed E-state index contributed by atoms with van der Waals surface area (Å²) in [6, 6.07) is 8.97. The number of ketones is 1. The molecule has 1 saturated carbocycles. The maximum Gasteiger partial charge on any atom is 0.223 e. The Labute approximate surface area is 113 Å². The molecule has 19 heavy (non-hydrogen) atoms. The summed E-state index contributed by atoms with van der Waals surface area (Å²) in [6.07, 6.45) is 3.28. The van der Waals surface area contributed by atoms with E-state index in [0.29, 0.717) is 12.0 Å². The van der Waals surface area contributed by atoms with Crippen molar-refractivity contribution in [3.8, 4) is 0 Å². The molecule has 0 aliphatic heterocycles. The van der Waals surface area contributed by atoms with Gasteiger partial charge in [-0.2, -0.15) is 0 Å². The van der Waals surface area contributed by atoms with Crippen molar-refractivity contribution >= 4 is 11.7 Å². The molecule has 1 aliphatic rings. The lowest BCUT2D eigenvalue weighted by Gasteiger charge is -2.39. The average Bonchev–Trinajstić information content (AvgIpc) is 2.41. The molecule has 1 aromatic carbocycles. The van der Waals surface area contributed by atoms with Crippen LogP contribution >= 0.6 is 0 Å². The highest BCUT2D eigenvalue weighted by atomic mass is 16.5. The van der Waals surface area contributed by atoms with Gasteiger partial charge in [0.05, 0.1) is 18.6 Å². The first-order valence-electron chi connectivity index (χ1n) is 6.55. The third-order valence-electron chi connectivity index (χ3n) is 3.72. The Morgan fingerprint density at radius 2 is 1.95 bits per heavy atom. The van der Waals surface area contributed by atoms with Crippen molar-refractivity contribution in [2.45, 2.75) is 31.3 Å². The number of amides is 1. The Morgan fingerprint density at radius 1 is 1.26 bits per heavy atom. The van der Waals surface area contributed by atoms with Crippen LogP contribution in [0.2, 0.25) is 0 Å². The minimum Gasteiger partial charge on any atom is -0.378 e. The Balaban J connectivity index is 1.79. The van der Waals surface area contributed by atoms with Gasteiger partial charge in [0, 0.05) is 12.7 Å². The molecule has 1 aromatic rings. The normalized spacial score (nSPS) is 16.5. The Kier molecular flexibility index (Phi) is 4.32. The lowest BCUT2D eigenvalue weighted by Crippen LogP contribution is -2.44. The number of hydrogen-bond acceptors (Lipinski definition) is 3. The number of carbonyl (C=O) groups excluding carboxylic acids is 2. The molecule has 0 heterocycles. The van der Waals surface area contributed by atoms with Crippen molar-refractivity contribution in [2.24, 2.45) is 0 Å². The van der Waals surface area contributed by atoms with Crippen molar-refractivity contribution < 1.29 is 14.3 Å². The van der Waals surface area contributed by atoms with Gasteiger partial charge in [0.1, 0.15) is 0 Å². The van der Waals surface area contributed by atoms with Gasteiger partial charge in [-0.15, -0.1) is 0 Å². The van der Waals surface area contributed by atoms with Crippen LogP contribution in [0.15, 0.2) is 30.3 Å². The average molecular weight is 261 g/mol. The molecular weight excluding hydrogens is 242 g/mol. The van der Waals surface area contributed by atoms with Crippen molar-refractivity contribution in [2.75, 3.05) is 13.7 Å². The van der Waals surface area contributed by atoms with Crippen LogP contribution in [0.5, 0.6) is 0 Å². The summed E-state index contributed by atoms with van der Waals surface area (Å²) in [4.78, 5) is 23.6. The minimum absolute atomic E-state index is 0.0443. The SMILES string of the molecule is COC1(CC(=O)NCC(=O)c2ccccc2)CCC1. The quantitative estimate of drug-likeness (QED) is 0.796. The van der Waals surface area contributed by atoms with Crippen LogP contribution in [0.25, 0.3) is 0 Å². The number of carbonyl (C=O) groups is 2. The molecule has 4 nitrogen and oxygen atoms in total. The van der Waals surface area contributed by atoms with Gasteiger partial charge in [0.2, 0.25) is 5.91 Å². The highest BCUT2D eigenvalue weighted by molar-refractivity contribution is 5.99. The molecule has 2 rings (SSSR count). The summed E-state index contributed by atoms with van der Waals surface area (Å²) in [7, 11) is 1.64. The molecule has 0 saturated heterocycles. The second-order valence-electron chi connectivity index (χ2n) is 4.98. The second-order valence-corrected chi connectivity index (χ2v) is 4.98. The fourth-order valence-electron chi connectivity index (χ4n) is 2.28. The van der Waals surface area contributed by atoms with Crippen molar-refractivity contribution in [1.82, 2.24) is 5.32 Å². The van der Waals surface area contributed by atoms with Crippen molar-refractivity contribution in [1.29, 1.82) is 0 Å².